The monoisotopic (exact) mass is 493 g/mol. The summed E-state index contributed by atoms with van der Waals surface area (Å²) >= 11 is 2.03. The van der Waals surface area contributed by atoms with Crippen molar-refractivity contribution >= 4 is 34.2 Å². The Balaban J connectivity index is 1.70. The first-order chi connectivity index (χ1) is 13.5. The standard InChI is InChI=1S/C21H24IN3O3/c1-15-6-4-5-11-24(15)14-17-8-3-2-7-16(17)13-23-21(26)19-12-18(25(27)28)9-10-20(19)22/h2-3,7-10,12,15H,4-6,11,13-14H2,1H3,(H,23,26). The van der Waals surface area contributed by atoms with Crippen LogP contribution >= 0.6 is 22.6 Å². The number of nitro groups is 1. The Bertz CT molecular complexity index is 872. The second kappa shape index (κ2) is 9.47. The zero-order valence-electron chi connectivity index (χ0n) is 15.9. The van der Waals surface area contributed by atoms with Crippen molar-refractivity contribution in [2.75, 3.05) is 6.54 Å². The lowest BCUT2D eigenvalue weighted by atomic mass is 10.0. The summed E-state index contributed by atoms with van der Waals surface area (Å²) in [6.45, 7) is 4.65. The van der Waals surface area contributed by atoms with E-state index in [0.29, 0.717) is 21.7 Å². The summed E-state index contributed by atoms with van der Waals surface area (Å²) in [5.41, 5.74) is 2.54. The van der Waals surface area contributed by atoms with Crippen molar-refractivity contribution in [1.82, 2.24) is 10.2 Å². The van der Waals surface area contributed by atoms with E-state index < -0.39 is 4.92 Å². The molecule has 1 unspecified atom stereocenters. The van der Waals surface area contributed by atoms with E-state index in [4.69, 9.17) is 0 Å². The van der Waals surface area contributed by atoms with Crippen molar-refractivity contribution in [3.63, 3.8) is 0 Å². The fraction of sp³-hybridized carbons (Fsp3) is 0.381. The number of carbonyl (C=O) groups is 1. The van der Waals surface area contributed by atoms with Gasteiger partial charge < -0.3 is 5.32 Å². The van der Waals surface area contributed by atoms with Gasteiger partial charge in [-0.1, -0.05) is 30.7 Å². The van der Waals surface area contributed by atoms with Gasteiger partial charge in [0.25, 0.3) is 11.6 Å². The molecular formula is C21H24IN3O3. The van der Waals surface area contributed by atoms with E-state index >= 15 is 0 Å². The molecular weight excluding hydrogens is 469 g/mol. The number of hydrogen-bond acceptors (Lipinski definition) is 4. The number of non-ortho nitro benzene ring substituents is 1. The number of rotatable bonds is 6. The van der Waals surface area contributed by atoms with Crippen LogP contribution in [0.2, 0.25) is 0 Å². The van der Waals surface area contributed by atoms with Gasteiger partial charge in [-0.05, 0) is 66.1 Å². The molecule has 1 fully saturated rings. The Morgan fingerprint density at radius 2 is 2.00 bits per heavy atom. The van der Waals surface area contributed by atoms with Crippen LogP contribution in [0.5, 0.6) is 0 Å². The van der Waals surface area contributed by atoms with Gasteiger partial charge >= 0.3 is 0 Å². The third-order valence-electron chi connectivity index (χ3n) is 5.28. The molecule has 1 aliphatic rings. The first kappa shape index (κ1) is 20.7. The zero-order valence-corrected chi connectivity index (χ0v) is 18.0. The highest BCUT2D eigenvalue weighted by molar-refractivity contribution is 14.1. The van der Waals surface area contributed by atoms with Crippen LogP contribution in [0, 0.1) is 13.7 Å². The molecule has 1 heterocycles. The molecule has 0 aromatic heterocycles. The van der Waals surface area contributed by atoms with Crippen LogP contribution in [0.25, 0.3) is 0 Å². The molecule has 148 valence electrons. The highest BCUT2D eigenvalue weighted by Crippen LogP contribution is 2.22. The number of carbonyl (C=O) groups excluding carboxylic acids is 1. The largest absolute Gasteiger partial charge is 0.348 e. The molecule has 0 aliphatic carbocycles. The molecule has 6 nitrogen and oxygen atoms in total. The van der Waals surface area contributed by atoms with E-state index in [2.05, 4.69) is 23.2 Å². The van der Waals surface area contributed by atoms with Gasteiger partial charge in [0.1, 0.15) is 0 Å². The lowest BCUT2D eigenvalue weighted by Crippen LogP contribution is -2.37. The Morgan fingerprint density at radius 3 is 2.71 bits per heavy atom. The van der Waals surface area contributed by atoms with Gasteiger partial charge in [-0.3, -0.25) is 19.8 Å². The van der Waals surface area contributed by atoms with Gasteiger partial charge in [-0.25, -0.2) is 0 Å². The van der Waals surface area contributed by atoms with Crippen molar-refractivity contribution in [3.05, 3.63) is 72.8 Å². The van der Waals surface area contributed by atoms with Crippen molar-refractivity contribution in [2.45, 2.75) is 45.3 Å². The number of nitrogens with zero attached hydrogens (tertiary/aromatic N) is 2. The van der Waals surface area contributed by atoms with E-state index in [1.165, 1.54) is 37.0 Å². The molecule has 2 aromatic rings. The molecule has 0 saturated carbocycles. The maximum absolute atomic E-state index is 12.6. The minimum atomic E-state index is -0.484. The number of benzene rings is 2. The topological polar surface area (TPSA) is 75.5 Å². The summed E-state index contributed by atoms with van der Waals surface area (Å²) < 4.78 is 0.691. The van der Waals surface area contributed by atoms with E-state index in [0.717, 1.165) is 18.7 Å². The number of likely N-dealkylation sites (tertiary alicyclic amines) is 1. The van der Waals surface area contributed by atoms with Crippen LogP contribution in [0.15, 0.2) is 42.5 Å². The maximum Gasteiger partial charge on any atom is 0.270 e. The molecule has 0 spiro atoms. The van der Waals surface area contributed by atoms with Crippen molar-refractivity contribution in [1.29, 1.82) is 0 Å². The normalized spacial score (nSPS) is 17.3. The van der Waals surface area contributed by atoms with E-state index in [1.807, 2.05) is 40.8 Å². The Hall–Kier alpha value is -2.00. The summed E-state index contributed by atoms with van der Waals surface area (Å²) in [6, 6.07) is 13.1. The summed E-state index contributed by atoms with van der Waals surface area (Å²) in [6.07, 6.45) is 3.75. The minimum Gasteiger partial charge on any atom is -0.348 e. The van der Waals surface area contributed by atoms with Gasteiger partial charge in [-0.2, -0.15) is 0 Å². The third kappa shape index (κ3) is 5.08. The second-order valence-electron chi connectivity index (χ2n) is 7.19. The lowest BCUT2D eigenvalue weighted by molar-refractivity contribution is -0.384. The number of nitro benzene ring substituents is 1. The highest BCUT2D eigenvalue weighted by atomic mass is 127. The van der Waals surface area contributed by atoms with Crippen LogP contribution in [0.3, 0.4) is 0 Å². The Kier molecular flexibility index (Phi) is 7.01. The van der Waals surface area contributed by atoms with Gasteiger partial charge in [0, 0.05) is 34.8 Å². The van der Waals surface area contributed by atoms with Crippen molar-refractivity contribution < 1.29 is 9.72 Å². The Labute approximate surface area is 178 Å². The van der Waals surface area contributed by atoms with Gasteiger partial charge in [0.2, 0.25) is 0 Å². The molecule has 28 heavy (non-hydrogen) atoms. The van der Waals surface area contributed by atoms with Crippen LogP contribution in [0.4, 0.5) is 5.69 Å². The number of halogens is 1. The second-order valence-corrected chi connectivity index (χ2v) is 8.35. The first-order valence-electron chi connectivity index (χ1n) is 9.48. The average Bonchev–Trinajstić information content (AvgIpc) is 2.69. The summed E-state index contributed by atoms with van der Waals surface area (Å²) in [5, 5.41) is 13.9. The molecule has 3 rings (SSSR count). The smallest absolute Gasteiger partial charge is 0.270 e. The minimum absolute atomic E-state index is 0.0787. The molecule has 1 N–H and O–H groups in total. The van der Waals surface area contributed by atoms with Crippen molar-refractivity contribution in [2.24, 2.45) is 0 Å². The number of nitrogens with one attached hydrogen (secondary N) is 1. The van der Waals surface area contributed by atoms with E-state index in [1.54, 1.807) is 6.07 Å². The van der Waals surface area contributed by atoms with Gasteiger partial charge in [-0.15, -0.1) is 0 Å². The molecule has 1 amide bonds. The molecule has 7 heteroatoms. The fourth-order valence-corrected chi connectivity index (χ4v) is 4.15. The zero-order chi connectivity index (χ0) is 20.1. The van der Waals surface area contributed by atoms with E-state index in [9.17, 15) is 14.9 Å². The molecule has 1 aliphatic heterocycles. The van der Waals surface area contributed by atoms with Crippen LogP contribution in [0.1, 0.15) is 47.7 Å². The van der Waals surface area contributed by atoms with E-state index in [-0.39, 0.29) is 11.6 Å². The predicted molar refractivity (Wildman–Crippen MR) is 117 cm³/mol. The predicted octanol–water partition coefficient (Wildman–Crippen LogP) is 4.50. The molecule has 2 aromatic carbocycles. The Morgan fingerprint density at radius 1 is 1.25 bits per heavy atom. The van der Waals surface area contributed by atoms with Crippen LogP contribution in [-0.4, -0.2) is 28.3 Å². The summed E-state index contributed by atoms with van der Waals surface area (Å²) in [4.78, 5) is 25.6. The van der Waals surface area contributed by atoms with Gasteiger partial charge in [0.15, 0.2) is 0 Å². The number of hydrogen-bond donors (Lipinski definition) is 1. The number of piperidine rings is 1. The van der Waals surface area contributed by atoms with Crippen LogP contribution in [-0.2, 0) is 13.1 Å². The van der Waals surface area contributed by atoms with Crippen molar-refractivity contribution in [3.8, 4) is 0 Å². The third-order valence-corrected chi connectivity index (χ3v) is 6.22. The molecule has 0 radical (unpaired) electrons. The average molecular weight is 493 g/mol. The van der Waals surface area contributed by atoms with Gasteiger partial charge in [0.05, 0.1) is 10.5 Å². The summed E-state index contributed by atoms with van der Waals surface area (Å²) in [5.74, 6) is -0.297. The lowest BCUT2D eigenvalue weighted by Gasteiger charge is -2.33. The summed E-state index contributed by atoms with van der Waals surface area (Å²) in [7, 11) is 0. The fourth-order valence-electron chi connectivity index (χ4n) is 3.57. The van der Waals surface area contributed by atoms with Crippen LogP contribution < -0.4 is 5.32 Å². The number of amides is 1. The highest BCUT2D eigenvalue weighted by Gasteiger charge is 2.20. The maximum atomic E-state index is 12.6. The SMILES string of the molecule is CC1CCCCN1Cc1ccccc1CNC(=O)c1cc([N+](=O)[O-])ccc1I. The molecule has 1 atom stereocenters. The quantitative estimate of drug-likeness (QED) is 0.365. The molecule has 0 bridgehead atoms. The molecule has 1 saturated heterocycles. The first-order valence-corrected chi connectivity index (χ1v) is 10.6.